The maximum absolute atomic E-state index is 12.4. The molecule has 0 atom stereocenters. The smallest absolute Gasteiger partial charge is 0.341 e. The highest BCUT2D eigenvalue weighted by Gasteiger charge is 2.34. The summed E-state index contributed by atoms with van der Waals surface area (Å²) < 4.78 is 5.07. The van der Waals surface area contributed by atoms with Crippen molar-refractivity contribution in [3.05, 3.63) is 51.4 Å². The first-order valence-corrected chi connectivity index (χ1v) is 11.6. The summed E-state index contributed by atoms with van der Waals surface area (Å²) in [6.45, 7) is 5.24. The molecule has 0 saturated carbocycles. The molecule has 3 rings (SSSR count). The molecule has 0 fully saturated rings. The van der Waals surface area contributed by atoms with Crippen LogP contribution in [0.3, 0.4) is 0 Å². The molecule has 1 aliphatic rings. The SMILES string of the molecule is CCOC(=O)c1c(NC(=O)CCCCCN2C(=O)c3ccccc3C2=O)sc(C(C)=O)c1C. The van der Waals surface area contributed by atoms with Crippen LogP contribution in [0.15, 0.2) is 24.3 Å². The first-order chi connectivity index (χ1) is 15.8. The summed E-state index contributed by atoms with van der Waals surface area (Å²) in [5.74, 6) is -1.60. The number of Topliss-reactive ketones (excluding diaryl/α,β-unsaturated/α-hetero) is 1. The molecule has 3 amide bonds. The molecule has 1 aromatic heterocycles. The van der Waals surface area contributed by atoms with E-state index in [4.69, 9.17) is 4.74 Å². The second kappa shape index (κ2) is 10.5. The topological polar surface area (TPSA) is 110 Å². The van der Waals surface area contributed by atoms with Crippen LogP contribution in [0.5, 0.6) is 0 Å². The summed E-state index contributed by atoms with van der Waals surface area (Å²) in [4.78, 5) is 63.0. The lowest BCUT2D eigenvalue weighted by molar-refractivity contribution is -0.116. The number of unbranched alkanes of at least 4 members (excludes halogenated alkanes) is 2. The fourth-order valence-corrected chi connectivity index (χ4v) is 4.86. The van der Waals surface area contributed by atoms with E-state index in [-0.39, 0.29) is 42.1 Å². The number of anilines is 1. The molecular weight excluding hydrogens is 444 g/mol. The number of hydrogen-bond donors (Lipinski definition) is 1. The Kier molecular flexibility index (Phi) is 7.75. The molecule has 1 aliphatic heterocycles. The maximum Gasteiger partial charge on any atom is 0.341 e. The second-order valence-corrected chi connectivity index (χ2v) is 8.72. The summed E-state index contributed by atoms with van der Waals surface area (Å²) in [6, 6.07) is 6.75. The average molecular weight is 471 g/mol. The molecule has 0 aliphatic carbocycles. The van der Waals surface area contributed by atoms with Gasteiger partial charge >= 0.3 is 5.97 Å². The molecule has 1 N–H and O–H groups in total. The molecule has 0 bridgehead atoms. The standard InChI is InChI=1S/C24H26N2O6S/c1-4-32-24(31)19-14(2)20(15(3)27)33-21(19)25-18(28)12-6-5-9-13-26-22(29)16-10-7-8-11-17(16)23(26)30/h7-8,10-11H,4-6,9,12-13H2,1-3H3,(H,25,28). The summed E-state index contributed by atoms with van der Waals surface area (Å²) in [5.41, 5.74) is 1.57. The van der Waals surface area contributed by atoms with Crippen molar-refractivity contribution in [2.75, 3.05) is 18.5 Å². The molecule has 1 aromatic carbocycles. The molecule has 2 heterocycles. The van der Waals surface area contributed by atoms with Gasteiger partial charge in [-0.15, -0.1) is 11.3 Å². The van der Waals surface area contributed by atoms with Crippen molar-refractivity contribution in [1.82, 2.24) is 4.90 Å². The lowest BCUT2D eigenvalue weighted by Crippen LogP contribution is -2.30. The van der Waals surface area contributed by atoms with Crippen molar-refractivity contribution in [1.29, 1.82) is 0 Å². The van der Waals surface area contributed by atoms with E-state index in [9.17, 15) is 24.0 Å². The number of benzene rings is 1. The largest absolute Gasteiger partial charge is 0.462 e. The number of carbonyl (C=O) groups excluding carboxylic acids is 5. The number of carbonyl (C=O) groups is 5. The number of amides is 3. The molecule has 33 heavy (non-hydrogen) atoms. The third kappa shape index (κ3) is 5.19. The van der Waals surface area contributed by atoms with E-state index in [1.165, 1.54) is 11.8 Å². The van der Waals surface area contributed by atoms with Crippen LogP contribution in [-0.2, 0) is 9.53 Å². The number of ketones is 1. The number of ether oxygens (including phenoxy) is 1. The Morgan fingerprint density at radius 3 is 2.24 bits per heavy atom. The van der Waals surface area contributed by atoms with Gasteiger partial charge < -0.3 is 10.1 Å². The zero-order chi connectivity index (χ0) is 24.1. The lowest BCUT2D eigenvalue weighted by atomic mass is 10.1. The van der Waals surface area contributed by atoms with E-state index in [2.05, 4.69) is 5.32 Å². The highest BCUT2D eigenvalue weighted by Crippen LogP contribution is 2.34. The Hall–Kier alpha value is -3.33. The van der Waals surface area contributed by atoms with E-state index in [1.54, 1.807) is 38.1 Å². The average Bonchev–Trinajstić information content (AvgIpc) is 3.22. The van der Waals surface area contributed by atoms with E-state index < -0.39 is 5.97 Å². The van der Waals surface area contributed by atoms with Gasteiger partial charge in [0.25, 0.3) is 11.8 Å². The molecule has 0 saturated heterocycles. The van der Waals surface area contributed by atoms with Crippen LogP contribution < -0.4 is 5.32 Å². The van der Waals surface area contributed by atoms with Crippen molar-refractivity contribution in [2.24, 2.45) is 0 Å². The van der Waals surface area contributed by atoms with Gasteiger partial charge in [-0.3, -0.25) is 24.1 Å². The summed E-state index contributed by atoms with van der Waals surface area (Å²) in [5, 5.41) is 3.04. The minimum absolute atomic E-state index is 0.184. The highest BCUT2D eigenvalue weighted by atomic mass is 32.1. The van der Waals surface area contributed by atoms with Crippen LogP contribution in [0.25, 0.3) is 0 Å². The van der Waals surface area contributed by atoms with Crippen LogP contribution in [0, 0.1) is 6.92 Å². The zero-order valence-electron chi connectivity index (χ0n) is 18.9. The van der Waals surface area contributed by atoms with Gasteiger partial charge in [0.1, 0.15) is 5.00 Å². The van der Waals surface area contributed by atoms with E-state index in [0.29, 0.717) is 52.4 Å². The Balaban J connectivity index is 1.51. The Bertz CT molecular complexity index is 1090. The Morgan fingerprint density at radius 1 is 1.03 bits per heavy atom. The van der Waals surface area contributed by atoms with Gasteiger partial charge in [0.2, 0.25) is 5.91 Å². The van der Waals surface area contributed by atoms with Crippen LogP contribution in [0.4, 0.5) is 5.00 Å². The molecule has 2 aromatic rings. The van der Waals surface area contributed by atoms with Crippen LogP contribution in [-0.4, -0.2) is 47.5 Å². The summed E-state index contributed by atoms with van der Waals surface area (Å²) in [6.07, 6.45) is 1.98. The van der Waals surface area contributed by atoms with Crippen molar-refractivity contribution in [2.45, 2.75) is 46.5 Å². The van der Waals surface area contributed by atoms with Crippen LogP contribution in [0.2, 0.25) is 0 Å². The fraction of sp³-hybridized carbons (Fsp3) is 0.375. The minimum Gasteiger partial charge on any atom is -0.462 e. The van der Waals surface area contributed by atoms with Crippen LogP contribution in [0.1, 0.15) is 85.8 Å². The molecule has 0 spiro atoms. The number of fused-ring (bicyclic) bond motifs is 1. The third-order valence-electron chi connectivity index (χ3n) is 5.36. The molecule has 174 valence electrons. The van der Waals surface area contributed by atoms with E-state index in [1.807, 2.05) is 0 Å². The fourth-order valence-electron chi connectivity index (χ4n) is 3.75. The number of thiophene rings is 1. The molecule has 8 nitrogen and oxygen atoms in total. The molecule has 0 unspecified atom stereocenters. The van der Waals surface area contributed by atoms with Crippen LogP contribution >= 0.6 is 11.3 Å². The molecule has 9 heteroatoms. The number of hydrogen-bond acceptors (Lipinski definition) is 7. The predicted octanol–water partition coefficient (Wildman–Crippen LogP) is 4.23. The quantitative estimate of drug-likeness (QED) is 0.241. The van der Waals surface area contributed by atoms with Gasteiger partial charge in [0.05, 0.1) is 28.2 Å². The monoisotopic (exact) mass is 470 g/mol. The second-order valence-electron chi connectivity index (χ2n) is 7.70. The number of esters is 1. The van der Waals surface area contributed by atoms with E-state index in [0.717, 1.165) is 11.3 Å². The predicted molar refractivity (Wildman–Crippen MR) is 124 cm³/mol. The Morgan fingerprint density at radius 2 is 1.67 bits per heavy atom. The minimum atomic E-state index is -0.574. The number of nitrogens with zero attached hydrogens (tertiary/aromatic N) is 1. The molecular formula is C24H26N2O6S. The van der Waals surface area contributed by atoms with Gasteiger partial charge in [0.15, 0.2) is 5.78 Å². The third-order valence-corrected chi connectivity index (χ3v) is 6.67. The number of nitrogens with one attached hydrogen (secondary N) is 1. The normalized spacial score (nSPS) is 12.6. The summed E-state index contributed by atoms with van der Waals surface area (Å²) in [7, 11) is 0. The van der Waals surface area contributed by atoms with Crippen molar-refractivity contribution in [3.63, 3.8) is 0 Å². The number of rotatable bonds is 10. The Labute approximate surface area is 195 Å². The van der Waals surface area contributed by atoms with Gasteiger partial charge in [0, 0.05) is 13.0 Å². The zero-order valence-corrected chi connectivity index (χ0v) is 19.7. The van der Waals surface area contributed by atoms with E-state index >= 15 is 0 Å². The van der Waals surface area contributed by atoms with Crippen molar-refractivity contribution >= 4 is 45.8 Å². The van der Waals surface area contributed by atoms with Gasteiger partial charge in [-0.1, -0.05) is 18.6 Å². The van der Waals surface area contributed by atoms with Crippen molar-refractivity contribution < 1.29 is 28.7 Å². The highest BCUT2D eigenvalue weighted by molar-refractivity contribution is 7.18. The van der Waals surface area contributed by atoms with Gasteiger partial charge in [-0.05, 0) is 51.3 Å². The molecule has 0 radical (unpaired) electrons. The summed E-state index contributed by atoms with van der Waals surface area (Å²) >= 11 is 1.07. The lowest BCUT2D eigenvalue weighted by Gasteiger charge is -2.13. The maximum atomic E-state index is 12.4. The van der Waals surface area contributed by atoms with Gasteiger partial charge in [-0.25, -0.2) is 4.79 Å². The van der Waals surface area contributed by atoms with Crippen molar-refractivity contribution in [3.8, 4) is 0 Å². The van der Waals surface area contributed by atoms with Gasteiger partial charge in [-0.2, -0.15) is 0 Å². The first-order valence-electron chi connectivity index (χ1n) is 10.8. The first kappa shape index (κ1) is 24.3. The number of imide groups is 1.